The molecule has 112 valence electrons. The molecule has 3 rings (SSSR count). The molecule has 6 heteroatoms. The molecule has 6 nitrogen and oxygen atoms in total. The van der Waals surface area contributed by atoms with Crippen LogP contribution in [0, 0.1) is 5.92 Å². The van der Waals surface area contributed by atoms with E-state index in [0.717, 1.165) is 25.1 Å². The molecule has 2 aromatic rings. The largest absolute Gasteiger partial charge is 0.467 e. The van der Waals surface area contributed by atoms with Crippen molar-refractivity contribution in [2.24, 2.45) is 5.92 Å². The third-order valence-electron chi connectivity index (χ3n) is 3.96. The molecule has 0 unspecified atom stereocenters. The molecule has 0 amide bonds. The van der Waals surface area contributed by atoms with Gasteiger partial charge in [0.25, 0.3) is 0 Å². The van der Waals surface area contributed by atoms with Crippen molar-refractivity contribution in [2.75, 3.05) is 13.7 Å². The summed E-state index contributed by atoms with van der Waals surface area (Å²) >= 11 is 0. The van der Waals surface area contributed by atoms with Crippen LogP contribution in [0.3, 0.4) is 0 Å². The van der Waals surface area contributed by atoms with Gasteiger partial charge < -0.3 is 9.72 Å². The standard InChI is InChI=1S/C15H21N5O/c1-10(2)14-13-12(18-9-19-13)4-5-20(14)8-11-6-16-15(21-3)17-7-11/h6-7,9-10,14H,4-5,8H2,1-3H3,(H,18,19)/t14-/m1/s1. The molecule has 1 N–H and O–H groups in total. The van der Waals surface area contributed by atoms with Crippen LogP contribution >= 0.6 is 0 Å². The van der Waals surface area contributed by atoms with Gasteiger partial charge in [-0.15, -0.1) is 0 Å². The van der Waals surface area contributed by atoms with Crippen molar-refractivity contribution in [1.29, 1.82) is 0 Å². The van der Waals surface area contributed by atoms with E-state index >= 15 is 0 Å². The number of nitrogens with zero attached hydrogens (tertiary/aromatic N) is 4. The van der Waals surface area contributed by atoms with Crippen LogP contribution in [0.4, 0.5) is 0 Å². The number of hydrogen-bond acceptors (Lipinski definition) is 5. The van der Waals surface area contributed by atoms with E-state index in [0.29, 0.717) is 18.0 Å². The number of imidazole rings is 1. The SMILES string of the molecule is COc1ncc(CN2CCc3[nH]cnc3[C@H]2C(C)C)cn1. The maximum atomic E-state index is 5.00. The molecule has 3 heterocycles. The van der Waals surface area contributed by atoms with E-state index in [4.69, 9.17) is 4.74 Å². The predicted octanol–water partition coefficient (Wildman–Crippen LogP) is 1.96. The molecule has 0 saturated heterocycles. The summed E-state index contributed by atoms with van der Waals surface area (Å²) in [5.74, 6) is 0.506. The first kappa shape index (κ1) is 14.0. The summed E-state index contributed by atoms with van der Waals surface area (Å²) in [6.07, 6.45) is 6.49. The minimum absolute atomic E-state index is 0.335. The first-order valence-corrected chi connectivity index (χ1v) is 7.30. The van der Waals surface area contributed by atoms with Crippen molar-refractivity contribution < 1.29 is 4.74 Å². The first-order valence-electron chi connectivity index (χ1n) is 7.30. The maximum absolute atomic E-state index is 5.00. The number of methoxy groups -OCH3 is 1. The van der Waals surface area contributed by atoms with E-state index in [1.807, 2.05) is 12.4 Å². The molecule has 0 bridgehead atoms. The van der Waals surface area contributed by atoms with Gasteiger partial charge in [-0.2, -0.15) is 0 Å². The van der Waals surface area contributed by atoms with E-state index < -0.39 is 0 Å². The number of rotatable bonds is 4. The van der Waals surface area contributed by atoms with Crippen molar-refractivity contribution in [3.63, 3.8) is 0 Å². The zero-order valence-electron chi connectivity index (χ0n) is 12.7. The Balaban J connectivity index is 1.81. The van der Waals surface area contributed by atoms with Gasteiger partial charge in [-0.05, 0) is 5.92 Å². The molecule has 0 saturated carbocycles. The molecule has 2 aromatic heterocycles. The molecular formula is C15H21N5O. The summed E-state index contributed by atoms with van der Waals surface area (Å²) < 4.78 is 5.00. The number of aromatic nitrogens is 4. The minimum Gasteiger partial charge on any atom is -0.467 e. The van der Waals surface area contributed by atoms with Crippen LogP contribution in [0.25, 0.3) is 0 Å². The van der Waals surface area contributed by atoms with Crippen LogP contribution in [0.1, 0.15) is 36.8 Å². The molecule has 1 atom stereocenters. The van der Waals surface area contributed by atoms with Crippen molar-refractivity contribution in [2.45, 2.75) is 32.9 Å². The fraction of sp³-hybridized carbons (Fsp3) is 0.533. The zero-order valence-corrected chi connectivity index (χ0v) is 12.7. The lowest BCUT2D eigenvalue weighted by molar-refractivity contribution is 0.131. The van der Waals surface area contributed by atoms with Crippen molar-refractivity contribution >= 4 is 0 Å². The normalized spacial score (nSPS) is 18.8. The Morgan fingerprint density at radius 1 is 1.33 bits per heavy atom. The lowest BCUT2D eigenvalue weighted by atomic mass is 9.93. The zero-order chi connectivity index (χ0) is 14.8. The van der Waals surface area contributed by atoms with Crippen molar-refractivity contribution in [1.82, 2.24) is 24.8 Å². The Morgan fingerprint density at radius 3 is 2.76 bits per heavy atom. The van der Waals surface area contributed by atoms with Gasteiger partial charge in [0.2, 0.25) is 0 Å². The highest BCUT2D eigenvalue weighted by Crippen LogP contribution is 2.34. The summed E-state index contributed by atoms with van der Waals surface area (Å²) in [7, 11) is 1.58. The highest BCUT2D eigenvalue weighted by Gasteiger charge is 2.31. The van der Waals surface area contributed by atoms with Crippen LogP contribution in [0.2, 0.25) is 0 Å². The summed E-state index contributed by atoms with van der Waals surface area (Å²) in [5.41, 5.74) is 3.56. The molecule has 1 aliphatic heterocycles. The van der Waals surface area contributed by atoms with Crippen LogP contribution < -0.4 is 4.74 Å². The average molecular weight is 287 g/mol. The van der Waals surface area contributed by atoms with Gasteiger partial charge in [-0.3, -0.25) is 4.90 Å². The van der Waals surface area contributed by atoms with Gasteiger partial charge in [0.15, 0.2) is 0 Å². The number of hydrogen-bond donors (Lipinski definition) is 1. The molecule has 1 aliphatic rings. The second-order valence-electron chi connectivity index (χ2n) is 5.75. The van der Waals surface area contributed by atoms with Crippen molar-refractivity contribution in [3.05, 3.63) is 35.7 Å². The van der Waals surface area contributed by atoms with Crippen LogP contribution in [-0.4, -0.2) is 38.5 Å². The maximum Gasteiger partial charge on any atom is 0.316 e. The lowest BCUT2D eigenvalue weighted by Gasteiger charge is -2.37. The number of aromatic amines is 1. The fourth-order valence-electron chi connectivity index (χ4n) is 3.03. The summed E-state index contributed by atoms with van der Waals surface area (Å²) in [4.78, 5) is 18.6. The van der Waals surface area contributed by atoms with E-state index in [-0.39, 0.29) is 0 Å². The Kier molecular flexibility index (Phi) is 3.88. The quantitative estimate of drug-likeness (QED) is 0.931. The van der Waals surface area contributed by atoms with Crippen LogP contribution in [-0.2, 0) is 13.0 Å². The van der Waals surface area contributed by atoms with Gasteiger partial charge >= 0.3 is 6.01 Å². The summed E-state index contributed by atoms with van der Waals surface area (Å²) in [6.45, 7) is 6.33. The third-order valence-corrected chi connectivity index (χ3v) is 3.96. The molecular weight excluding hydrogens is 266 g/mol. The first-order chi connectivity index (χ1) is 10.2. The Hall–Kier alpha value is -1.95. The second kappa shape index (κ2) is 5.81. The number of H-pyrrole nitrogens is 1. The molecule has 0 spiro atoms. The fourth-order valence-corrected chi connectivity index (χ4v) is 3.03. The van der Waals surface area contributed by atoms with E-state index in [1.165, 1.54) is 11.4 Å². The number of ether oxygens (including phenoxy) is 1. The average Bonchev–Trinajstić information content (AvgIpc) is 2.95. The van der Waals surface area contributed by atoms with Gasteiger partial charge in [0.1, 0.15) is 0 Å². The predicted molar refractivity (Wildman–Crippen MR) is 78.9 cm³/mol. The summed E-state index contributed by atoms with van der Waals surface area (Å²) in [6, 6.07) is 0.745. The van der Waals surface area contributed by atoms with Gasteiger partial charge in [-0.1, -0.05) is 13.8 Å². The topological polar surface area (TPSA) is 66.9 Å². The molecule has 21 heavy (non-hydrogen) atoms. The second-order valence-corrected chi connectivity index (χ2v) is 5.75. The Morgan fingerprint density at radius 2 is 2.10 bits per heavy atom. The van der Waals surface area contributed by atoms with Gasteiger partial charge in [0.05, 0.1) is 25.2 Å². The minimum atomic E-state index is 0.335. The molecule has 0 fully saturated rings. The Bertz CT molecular complexity index is 592. The van der Waals surface area contributed by atoms with E-state index in [9.17, 15) is 0 Å². The molecule has 0 radical (unpaired) electrons. The third kappa shape index (κ3) is 2.76. The van der Waals surface area contributed by atoms with Gasteiger partial charge in [0, 0.05) is 43.2 Å². The Labute approximate surface area is 124 Å². The smallest absolute Gasteiger partial charge is 0.316 e. The monoisotopic (exact) mass is 287 g/mol. The number of fused-ring (bicyclic) bond motifs is 1. The highest BCUT2D eigenvalue weighted by molar-refractivity contribution is 5.21. The van der Waals surface area contributed by atoms with Crippen LogP contribution in [0.5, 0.6) is 6.01 Å². The molecule has 0 aliphatic carbocycles. The summed E-state index contributed by atoms with van der Waals surface area (Å²) in [5, 5.41) is 0. The lowest BCUT2D eigenvalue weighted by Crippen LogP contribution is -2.37. The van der Waals surface area contributed by atoms with E-state index in [1.54, 1.807) is 13.4 Å². The van der Waals surface area contributed by atoms with Crippen molar-refractivity contribution in [3.8, 4) is 6.01 Å². The molecule has 0 aromatic carbocycles. The van der Waals surface area contributed by atoms with Gasteiger partial charge in [-0.25, -0.2) is 15.0 Å². The van der Waals surface area contributed by atoms with Crippen LogP contribution in [0.15, 0.2) is 18.7 Å². The number of nitrogens with one attached hydrogen (secondary N) is 1. The highest BCUT2D eigenvalue weighted by atomic mass is 16.5. The van der Waals surface area contributed by atoms with E-state index in [2.05, 4.69) is 38.7 Å².